The molecule has 1 heterocycles. The lowest BCUT2D eigenvalue weighted by Crippen LogP contribution is -2.18. The van der Waals surface area contributed by atoms with Gasteiger partial charge >= 0.3 is 6.18 Å². The highest BCUT2D eigenvalue weighted by Gasteiger charge is 2.33. The Kier molecular flexibility index (Phi) is 4.54. The Morgan fingerprint density at radius 2 is 2.11 bits per heavy atom. The molecule has 0 saturated heterocycles. The molecule has 0 radical (unpaired) electrons. The molecule has 0 aliphatic rings. The molecule has 1 N–H and O–H groups in total. The van der Waals surface area contributed by atoms with Crippen LogP contribution in [0.15, 0.2) is 12.1 Å². The zero-order valence-electron chi connectivity index (χ0n) is 10.2. The second kappa shape index (κ2) is 5.71. The Hall–Kier alpha value is -1.77. The summed E-state index contributed by atoms with van der Waals surface area (Å²) < 4.78 is 37.5. The average molecular weight is 257 g/mol. The first kappa shape index (κ1) is 14.3. The lowest BCUT2D eigenvalue weighted by Gasteiger charge is -2.16. The van der Waals surface area contributed by atoms with Crippen molar-refractivity contribution < 1.29 is 13.2 Å². The summed E-state index contributed by atoms with van der Waals surface area (Å²) in [6.07, 6.45) is -2.81. The first-order valence-corrected chi connectivity index (χ1v) is 5.63. The third-order valence-corrected chi connectivity index (χ3v) is 2.41. The maximum absolute atomic E-state index is 12.5. The number of nitriles is 1. The molecule has 1 aromatic heterocycles. The van der Waals surface area contributed by atoms with Gasteiger partial charge in [0.25, 0.3) is 0 Å². The van der Waals surface area contributed by atoms with E-state index in [4.69, 9.17) is 5.26 Å². The van der Waals surface area contributed by atoms with Gasteiger partial charge in [0.15, 0.2) is 0 Å². The fraction of sp³-hybridized carbons (Fsp3) is 0.500. The Morgan fingerprint density at radius 1 is 1.44 bits per heavy atom. The summed E-state index contributed by atoms with van der Waals surface area (Å²) in [5, 5.41) is 11.7. The largest absolute Gasteiger partial charge is 0.433 e. The molecule has 1 atom stereocenters. The number of aromatic nitrogens is 1. The quantitative estimate of drug-likeness (QED) is 0.896. The van der Waals surface area contributed by atoms with Crippen molar-refractivity contribution in [3.05, 3.63) is 23.4 Å². The van der Waals surface area contributed by atoms with E-state index >= 15 is 0 Å². The molecule has 0 spiro atoms. The number of hydrogen-bond donors (Lipinski definition) is 1. The Bertz CT molecular complexity index is 449. The lowest BCUT2D eigenvalue weighted by atomic mass is 10.2. The molecular formula is C12H14F3N3. The summed E-state index contributed by atoms with van der Waals surface area (Å²) in [5.41, 5.74) is -0.876. The molecule has 0 amide bonds. The van der Waals surface area contributed by atoms with Crippen molar-refractivity contribution in [2.45, 2.75) is 38.9 Å². The van der Waals surface area contributed by atoms with E-state index in [0.29, 0.717) is 0 Å². The van der Waals surface area contributed by atoms with Crippen molar-refractivity contribution in [2.24, 2.45) is 0 Å². The number of rotatable bonds is 4. The fourth-order valence-corrected chi connectivity index (χ4v) is 1.56. The van der Waals surface area contributed by atoms with E-state index in [1.54, 1.807) is 0 Å². The van der Waals surface area contributed by atoms with Crippen LogP contribution in [0.1, 0.15) is 37.9 Å². The van der Waals surface area contributed by atoms with E-state index in [1.165, 1.54) is 0 Å². The summed E-state index contributed by atoms with van der Waals surface area (Å²) in [7, 11) is 0. The molecule has 18 heavy (non-hydrogen) atoms. The topological polar surface area (TPSA) is 48.7 Å². The molecular weight excluding hydrogens is 243 g/mol. The van der Waals surface area contributed by atoms with Gasteiger partial charge in [0.05, 0.1) is 5.56 Å². The summed E-state index contributed by atoms with van der Waals surface area (Å²) in [6, 6.07) is 3.75. The average Bonchev–Trinajstić information content (AvgIpc) is 2.28. The van der Waals surface area contributed by atoms with Crippen LogP contribution in [0.2, 0.25) is 0 Å². The zero-order valence-corrected chi connectivity index (χ0v) is 10.2. The zero-order chi connectivity index (χ0) is 13.8. The smallest absolute Gasteiger partial charge is 0.367 e. The molecule has 0 bridgehead atoms. The summed E-state index contributed by atoms with van der Waals surface area (Å²) in [5.74, 6) is -0.00623. The number of alkyl halides is 3. The van der Waals surface area contributed by atoms with Crippen LogP contribution in [0.4, 0.5) is 19.0 Å². The minimum atomic E-state index is -4.50. The Balaban J connectivity index is 3.04. The second-order valence-corrected chi connectivity index (χ2v) is 4.04. The Labute approximate surface area is 104 Å². The van der Waals surface area contributed by atoms with Crippen LogP contribution in [-0.2, 0) is 6.18 Å². The summed E-state index contributed by atoms with van der Waals surface area (Å²) in [4.78, 5) is 3.48. The maximum Gasteiger partial charge on any atom is 0.433 e. The van der Waals surface area contributed by atoms with Crippen LogP contribution in [0.5, 0.6) is 0 Å². The first-order valence-electron chi connectivity index (χ1n) is 5.63. The number of anilines is 1. The van der Waals surface area contributed by atoms with Gasteiger partial charge in [0, 0.05) is 6.04 Å². The number of pyridine rings is 1. The SMILES string of the molecule is CCCC(C)Nc1nc(C(F)(F)F)ccc1C#N. The highest BCUT2D eigenvalue weighted by Crippen LogP contribution is 2.29. The van der Waals surface area contributed by atoms with Crippen molar-refractivity contribution in [2.75, 3.05) is 5.32 Å². The van der Waals surface area contributed by atoms with Crippen molar-refractivity contribution in [1.29, 1.82) is 5.26 Å². The molecule has 0 aromatic carbocycles. The number of hydrogen-bond acceptors (Lipinski definition) is 3. The molecule has 0 saturated carbocycles. The monoisotopic (exact) mass is 257 g/mol. The van der Waals surface area contributed by atoms with Gasteiger partial charge in [-0.05, 0) is 25.5 Å². The van der Waals surface area contributed by atoms with E-state index in [2.05, 4.69) is 10.3 Å². The van der Waals surface area contributed by atoms with Crippen LogP contribution in [0, 0.1) is 11.3 Å². The molecule has 98 valence electrons. The molecule has 0 aliphatic heterocycles. The predicted octanol–water partition coefficient (Wildman–Crippen LogP) is 3.57. The predicted molar refractivity (Wildman–Crippen MR) is 61.9 cm³/mol. The van der Waals surface area contributed by atoms with Crippen LogP contribution >= 0.6 is 0 Å². The standard InChI is InChI=1S/C12H14F3N3/c1-3-4-8(2)17-11-9(7-16)5-6-10(18-11)12(13,14)15/h5-6,8H,3-4H2,1-2H3,(H,17,18). The number of nitrogens with zero attached hydrogens (tertiary/aromatic N) is 2. The van der Waals surface area contributed by atoms with E-state index in [0.717, 1.165) is 25.0 Å². The van der Waals surface area contributed by atoms with Crippen molar-refractivity contribution in [3.63, 3.8) is 0 Å². The third-order valence-electron chi connectivity index (χ3n) is 2.41. The third kappa shape index (κ3) is 3.62. The maximum atomic E-state index is 12.5. The van der Waals surface area contributed by atoms with Gasteiger partial charge in [-0.1, -0.05) is 13.3 Å². The van der Waals surface area contributed by atoms with Gasteiger partial charge in [-0.25, -0.2) is 4.98 Å². The molecule has 0 fully saturated rings. The van der Waals surface area contributed by atoms with Gasteiger partial charge < -0.3 is 5.32 Å². The summed E-state index contributed by atoms with van der Waals surface area (Å²) >= 11 is 0. The minimum absolute atomic E-state index is 0.00623. The fourth-order valence-electron chi connectivity index (χ4n) is 1.56. The van der Waals surface area contributed by atoms with Crippen LogP contribution in [0.3, 0.4) is 0 Å². The van der Waals surface area contributed by atoms with Gasteiger partial charge in [0.2, 0.25) is 0 Å². The van der Waals surface area contributed by atoms with Crippen molar-refractivity contribution in [1.82, 2.24) is 4.98 Å². The van der Waals surface area contributed by atoms with Crippen molar-refractivity contribution in [3.8, 4) is 6.07 Å². The first-order chi connectivity index (χ1) is 8.38. The number of nitrogens with one attached hydrogen (secondary N) is 1. The summed E-state index contributed by atoms with van der Waals surface area (Å²) in [6.45, 7) is 3.82. The van der Waals surface area contributed by atoms with Gasteiger partial charge in [-0.3, -0.25) is 0 Å². The van der Waals surface area contributed by atoms with E-state index in [1.807, 2.05) is 19.9 Å². The van der Waals surface area contributed by atoms with Gasteiger partial charge in [0.1, 0.15) is 17.6 Å². The molecule has 0 aliphatic carbocycles. The Morgan fingerprint density at radius 3 is 2.61 bits per heavy atom. The van der Waals surface area contributed by atoms with E-state index < -0.39 is 11.9 Å². The highest BCUT2D eigenvalue weighted by atomic mass is 19.4. The van der Waals surface area contributed by atoms with Crippen LogP contribution in [-0.4, -0.2) is 11.0 Å². The molecule has 3 nitrogen and oxygen atoms in total. The lowest BCUT2D eigenvalue weighted by molar-refractivity contribution is -0.141. The van der Waals surface area contributed by atoms with E-state index in [9.17, 15) is 13.2 Å². The minimum Gasteiger partial charge on any atom is -0.367 e. The molecule has 6 heteroatoms. The van der Waals surface area contributed by atoms with Crippen molar-refractivity contribution >= 4 is 5.82 Å². The normalized spacial score (nSPS) is 12.9. The molecule has 1 unspecified atom stereocenters. The number of halogens is 3. The van der Waals surface area contributed by atoms with Crippen LogP contribution < -0.4 is 5.32 Å². The van der Waals surface area contributed by atoms with E-state index in [-0.39, 0.29) is 17.4 Å². The second-order valence-electron chi connectivity index (χ2n) is 4.04. The molecule has 1 aromatic rings. The van der Waals surface area contributed by atoms with Gasteiger partial charge in [-0.15, -0.1) is 0 Å². The van der Waals surface area contributed by atoms with Crippen LogP contribution in [0.25, 0.3) is 0 Å². The highest BCUT2D eigenvalue weighted by molar-refractivity contribution is 5.53. The van der Waals surface area contributed by atoms with Gasteiger partial charge in [-0.2, -0.15) is 18.4 Å². The molecule has 1 rings (SSSR count).